The van der Waals surface area contributed by atoms with Crippen LogP contribution < -0.4 is 0 Å². The quantitative estimate of drug-likeness (QED) is 0.0222. The van der Waals surface area contributed by atoms with Gasteiger partial charge in [-0.1, -0.05) is 357 Å². The Morgan fingerprint density at radius 2 is 0.485 bits per heavy atom. The maximum Gasteiger partial charge on any atom is 0.472 e. The Morgan fingerprint density at radius 1 is 0.283 bits per heavy atom. The number of hydrogen-bond acceptors (Lipinski definition) is 15. The SMILES string of the molecule is CCC(C)CCCCCCCCCCCCCCCCC(=O)O[C@H](COC(=O)CCCCCCCCCCCCCCCCCCC(C)C)COP(=O)(O)OC[C@@H](O)COP(=O)(O)OC[C@@H](COC(=O)CCCCCCCCC(C)C)OC(=O)CCCCCCCCCCCCC(C)C. The molecule has 3 unspecified atom stereocenters. The highest BCUT2D eigenvalue weighted by molar-refractivity contribution is 7.47. The molecule has 0 rings (SSSR count). The second kappa shape index (κ2) is 69.1. The lowest BCUT2D eigenvalue weighted by Gasteiger charge is -2.21. The van der Waals surface area contributed by atoms with Gasteiger partial charge in [-0.15, -0.1) is 0 Å². The fourth-order valence-corrected chi connectivity index (χ4v) is 13.8. The second-order valence-corrected chi connectivity index (χ2v) is 33.4. The summed E-state index contributed by atoms with van der Waals surface area (Å²) in [6.45, 7) is 14.2. The molecular weight excluding hydrogens is 1290 g/mol. The molecule has 6 atom stereocenters. The normalized spacial score (nSPS) is 14.3. The number of rotatable bonds is 77. The number of hydrogen-bond donors (Lipinski definition) is 3. The van der Waals surface area contributed by atoms with Gasteiger partial charge in [-0.05, 0) is 49.4 Å². The lowest BCUT2D eigenvalue weighted by atomic mass is 9.99. The van der Waals surface area contributed by atoms with E-state index in [4.69, 9.17) is 37.0 Å². The van der Waals surface area contributed by atoms with E-state index < -0.39 is 97.5 Å². The molecule has 0 heterocycles. The average molecular weight is 1450 g/mol. The minimum absolute atomic E-state index is 0.105. The molecule has 588 valence electrons. The van der Waals surface area contributed by atoms with Gasteiger partial charge in [0, 0.05) is 25.7 Å². The smallest absolute Gasteiger partial charge is 0.462 e. The minimum atomic E-state index is -4.96. The Morgan fingerprint density at radius 3 is 0.717 bits per heavy atom. The third-order valence-electron chi connectivity index (χ3n) is 18.9. The first-order valence-corrected chi connectivity index (χ1v) is 44.2. The van der Waals surface area contributed by atoms with E-state index in [-0.39, 0.29) is 25.7 Å². The number of aliphatic hydroxyl groups excluding tert-OH is 1. The van der Waals surface area contributed by atoms with Crippen molar-refractivity contribution in [1.82, 2.24) is 0 Å². The summed E-state index contributed by atoms with van der Waals surface area (Å²) in [6, 6.07) is 0. The van der Waals surface area contributed by atoms with Crippen molar-refractivity contribution in [2.75, 3.05) is 39.6 Å². The van der Waals surface area contributed by atoms with Crippen LogP contribution in [0.5, 0.6) is 0 Å². The number of phosphoric ester groups is 2. The van der Waals surface area contributed by atoms with Crippen molar-refractivity contribution in [3.05, 3.63) is 0 Å². The van der Waals surface area contributed by atoms with Gasteiger partial charge < -0.3 is 33.8 Å². The first kappa shape index (κ1) is 97.1. The molecule has 3 N–H and O–H groups in total. The number of unbranched alkanes of at least 4 members (excludes halogenated alkanes) is 42. The van der Waals surface area contributed by atoms with Crippen LogP contribution in [0.2, 0.25) is 0 Å². The van der Waals surface area contributed by atoms with Crippen molar-refractivity contribution in [3.63, 3.8) is 0 Å². The molecule has 0 radical (unpaired) electrons. The Kier molecular flexibility index (Phi) is 67.8. The van der Waals surface area contributed by atoms with E-state index in [2.05, 4.69) is 55.4 Å². The Labute approximate surface area is 607 Å². The molecule has 99 heavy (non-hydrogen) atoms. The summed E-state index contributed by atoms with van der Waals surface area (Å²) >= 11 is 0. The van der Waals surface area contributed by atoms with Crippen LogP contribution in [0.3, 0.4) is 0 Å². The number of carbonyl (C=O) groups excluding carboxylic acids is 4. The summed E-state index contributed by atoms with van der Waals surface area (Å²) in [5.74, 6) is 0.972. The van der Waals surface area contributed by atoms with Gasteiger partial charge in [0.1, 0.15) is 19.3 Å². The molecule has 0 aliphatic carbocycles. The first-order chi connectivity index (χ1) is 47.6. The zero-order valence-corrected chi connectivity index (χ0v) is 66.9. The zero-order chi connectivity index (χ0) is 73.1. The van der Waals surface area contributed by atoms with Crippen molar-refractivity contribution in [3.8, 4) is 0 Å². The summed E-state index contributed by atoms with van der Waals surface area (Å²) in [5, 5.41) is 10.6. The highest BCUT2D eigenvalue weighted by Crippen LogP contribution is 2.45. The maximum atomic E-state index is 13.1. The lowest BCUT2D eigenvalue weighted by Crippen LogP contribution is -2.30. The van der Waals surface area contributed by atoms with Crippen LogP contribution >= 0.6 is 15.6 Å². The van der Waals surface area contributed by atoms with Crippen LogP contribution in [-0.4, -0.2) is 96.7 Å². The third-order valence-corrected chi connectivity index (χ3v) is 20.8. The molecular formula is C80H156O17P2. The van der Waals surface area contributed by atoms with E-state index in [9.17, 15) is 43.2 Å². The standard InChI is InChI=1S/C80H156O17P2/c1-9-73(8)59-51-43-34-28-21-17-14-15-19-23-30-36-46-54-62-79(84)96-75(66-90-77(82)60-52-44-35-29-22-18-13-11-10-12-16-20-26-32-40-48-56-70(2)3)68-94-98(86,87)92-64-74(81)65-93-99(88,89)95-69-76(67-91-78(83)61-53-45-39-38-42-50-58-72(6)7)97-80(85)63-55-47-37-31-25-24-27-33-41-49-57-71(4)5/h70-76,81H,9-69H2,1-8H3,(H,86,87)(H,88,89)/t73?,74-,75-,76-/m1/s1. The predicted molar refractivity (Wildman–Crippen MR) is 404 cm³/mol. The maximum absolute atomic E-state index is 13.1. The molecule has 19 heteroatoms. The van der Waals surface area contributed by atoms with Crippen LogP contribution in [0.25, 0.3) is 0 Å². The molecule has 0 amide bonds. The third kappa shape index (κ3) is 72.8. The number of ether oxygens (including phenoxy) is 4. The first-order valence-electron chi connectivity index (χ1n) is 41.2. The lowest BCUT2D eigenvalue weighted by molar-refractivity contribution is -0.161. The summed E-state index contributed by atoms with van der Waals surface area (Å²) in [6.07, 6.45) is 55.6. The van der Waals surface area contributed by atoms with E-state index in [1.165, 1.54) is 205 Å². The van der Waals surface area contributed by atoms with Gasteiger partial charge >= 0.3 is 39.5 Å². The molecule has 0 aliphatic heterocycles. The minimum Gasteiger partial charge on any atom is -0.462 e. The van der Waals surface area contributed by atoms with Crippen molar-refractivity contribution >= 4 is 39.5 Å². The monoisotopic (exact) mass is 1450 g/mol. The second-order valence-electron chi connectivity index (χ2n) is 30.5. The Balaban J connectivity index is 5.23. The molecule has 0 saturated heterocycles. The van der Waals surface area contributed by atoms with Crippen LogP contribution in [0.15, 0.2) is 0 Å². The summed E-state index contributed by atoms with van der Waals surface area (Å²) in [5.41, 5.74) is 0. The van der Waals surface area contributed by atoms with Gasteiger partial charge in [0.05, 0.1) is 26.4 Å². The Bertz CT molecular complexity index is 1940. The molecule has 0 bridgehead atoms. The van der Waals surface area contributed by atoms with E-state index in [0.29, 0.717) is 31.6 Å². The molecule has 0 aliphatic rings. The van der Waals surface area contributed by atoms with E-state index in [1.54, 1.807) is 0 Å². The van der Waals surface area contributed by atoms with Crippen LogP contribution in [0.4, 0.5) is 0 Å². The molecule has 0 aromatic rings. The number of esters is 4. The number of phosphoric acid groups is 2. The van der Waals surface area contributed by atoms with Crippen LogP contribution in [-0.2, 0) is 65.4 Å². The zero-order valence-electron chi connectivity index (χ0n) is 65.1. The molecule has 0 fully saturated rings. The van der Waals surface area contributed by atoms with Gasteiger partial charge in [-0.2, -0.15) is 0 Å². The summed E-state index contributed by atoms with van der Waals surface area (Å²) in [7, 11) is -9.92. The van der Waals surface area contributed by atoms with Gasteiger partial charge in [-0.3, -0.25) is 37.3 Å². The largest absolute Gasteiger partial charge is 0.472 e. The molecule has 0 aromatic heterocycles. The predicted octanol–water partition coefficient (Wildman–Crippen LogP) is 23.6. The highest BCUT2D eigenvalue weighted by atomic mass is 31.2. The summed E-state index contributed by atoms with van der Waals surface area (Å²) in [4.78, 5) is 72.9. The molecule has 0 saturated carbocycles. The van der Waals surface area contributed by atoms with Crippen molar-refractivity contribution in [1.29, 1.82) is 0 Å². The van der Waals surface area contributed by atoms with Crippen molar-refractivity contribution in [2.45, 2.75) is 427 Å². The Hall–Kier alpha value is -1.94. The van der Waals surface area contributed by atoms with E-state index in [0.717, 1.165) is 114 Å². The fraction of sp³-hybridized carbons (Fsp3) is 0.950. The van der Waals surface area contributed by atoms with E-state index >= 15 is 0 Å². The van der Waals surface area contributed by atoms with Gasteiger partial charge in [0.15, 0.2) is 12.2 Å². The molecule has 0 spiro atoms. The van der Waals surface area contributed by atoms with E-state index in [1.807, 2.05) is 0 Å². The summed E-state index contributed by atoms with van der Waals surface area (Å²) < 4.78 is 68.6. The van der Waals surface area contributed by atoms with Gasteiger partial charge in [0.25, 0.3) is 0 Å². The molecule has 0 aromatic carbocycles. The average Bonchev–Trinajstić information content (AvgIpc) is 0.987. The molecule has 17 nitrogen and oxygen atoms in total. The van der Waals surface area contributed by atoms with Gasteiger partial charge in [-0.25, -0.2) is 9.13 Å². The fourth-order valence-electron chi connectivity index (χ4n) is 12.2. The number of carbonyl (C=O) groups is 4. The van der Waals surface area contributed by atoms with Crippen LogP contribution in [0.1, 0.15) is 409 Å². The van der Waals surface area contributed by atoms with Gasteiger partial charge in [0.2, 0.25) is 0 Å². The van der Waals surface area contributed by atoms with Crippen molar-refractivity contribution in [2.24, 2.45) is 23.7 Å². The topological polar surface area (TPSA) is 237 Å². The number of aliphatic hydroxyl groups is 1. The van der Waals surface area contributed by atoms with Crippen LogP contribution in [0, 0.1) is 23.7 Å². The highest BCUT2D eigenvalue weighted by Gasteiger charge is 2.30. The van der Waals surface area contributed by atoms with Crippen molar-refractivity contribution < 1.29 is 80.2 Å².